The van der Waals surface area contributed by atoms with Gasteiger partial charge in [0.15, 0.2) is 0 Å². The molecule has 1 saturated heterocycles. The zero-order valence-electron chi connectivity index (χ0n) is 18.8. The van der Waals surface area contributed by atoms with Crippen LogP contribution in [0.15, 0.2) is 48.5 Å². The smallest absolute Gasteiger partial charge is 0.410 e. The van der Waals surface area contributed by atoms with Gasteiger partial charge in [-0.3, -0.25) is 4.90 Å². The number of fused-ring (bicyclic) bond motifs is 3. The highest BCUT2D eigenvalue weighted by Crippen LogP contribution is 2.44. The summed E-state index contributed by atoms with van der Waals surface area (Å²) in [5.74, 6) is -0.511. The number of likely N-dealkylation sites (tertiary alicyclic amines) is 1. The molecule has 1 aliphatic heterocycles. The monoisotopic (exact) mass is 449 g/mol. The molecule has 2 fully saturated rings. The molecule has 1 saturated carbocycles. The zero-order chi connectivity index (χ0) is 22.8. The third-order valence-electron chi connectivity index (χ3n) is 7.41. The Balaban J connectivity index is 1.23. The number of ether oxygens (including phenoxy) is 2. The van der Waals surface area contributed by atoms with E-state index in [2.05, 4.69) is 24.3 Å². The number of hydrogen-bond donors (Lipinski definition) is 1. The molecule has 2 aliphatic carbocycles. The maximum Gasteiger partial charge on any atom is 0.410 e. The van der Waals surface area contributed by atoms with Crippen LogP contribution in [-0.4, -0.2) is 54.0 Å². The maximum atomic E-state index is 13.0. The van der Waals surface area contributed by atoms with E-state index in [4.69, 9.17) is 9.47 Å². The van der Waals surface area contributed by atoms with Crippen molar-refractivity contribution in [3.05, 3.63) is 59.7 Å². The highest BCUT2D eigenvalue weighted by atomic mass is 16.6. The normalized spacial score (nSPS) is 22.7. The van der Waals surface area contributed by atoms with Gasteiger partial charge in [0, 0.05) is 18.9 Å². The molecule has 2 aromatic carbocycles. The first-order valence-corrected chi connectivity index (χ1v) is 12.1. The van der Waals surface area contributed by atoms with E-state index in [1.54, 1.807) is 0 Å². The number of aliphatic carboxylic acids is 1. The molecule has 2 atom stereocenters. The standard InChI is InChI=1S/C27H31NO5/c29-26(30)25-14-19(32-16-18-8-2-1-3-9-18)15-28(25)27(31)33-17-24-22-12-6-4-10-20(22)21-11-5-7-13-23(21)24/h4-7,10-13,18-19,24-25H,1-3,8-9,14-17H2,(H,29,30)/t19-,25+/m1/s1. The van der Waals surface area contributed by atoms with Gasteiger partial charge in [-0.05, 0) is 41.0 Å². The van der Waals surface area contributed by atoms with Crippen molar-refractivity contribution in [2.45, 2.75) is 56.6 Å². The van der Waals surface area contributed by atoms with Gasteiger partial charge >= 0.3 is 12.1 Å². The maximum absolute atomic E-state index is 13.0. The SMILES string of the molecule is O=C(O)[C@@H]1C[C@@H](OCC2CCCCC2)CN1C(=O)OCC1c2ccccc2-c2ccccc21. The predicted molar refractivity (Wildman–Crippen MR) is 124 cm³/mol. The van der Waals surface area contributed by atoms with E-state index in [1.807, 2.05) is 24.3 Å². The topological polar surface area (TPSA) is 76.1 Å². The summed E-state index contributed by atoms with van der Waals surface area (Å²) in [4.78, 5) is 26.2. The number of rotatable bonds is 6. The van der Waals surface area contributed by atoms with Crippen LogP contribution in [0.3, 0.4) is 0 Å². The van der Waals surface area contributed by atoms with Crippen molar-refractivity contribution in [1.29, 1.82) is 0 Å². The highest BCUT2D eigenvalue weighted by Gasteiger charge is 2.42. The van der Waals surface area contributed by atoms with Crippen LogP contribution < -0.4 is 0 Å². The summed E-state index contributed by atoms with van der Waals surface area (Å²) in [7, 11) is 0. The first-order valence-electron chi connectivity index (χ1n) is 12.1. The van der Waals surface area contributed by atoms with E-state index in [0.29, 0.717) is 18.9 Å². The Labute approximate surface area is 194 Å². The van der Waals surface area contributed by atoms with Crippen LogP contribution >= 0.6 is 0 Å². The average molecular weight is 450 g/mol. The minimum absolute atomic E-state index is 0.0504. The van der Waals surface area contributed by atoms with Crippen LogP contribution in [0.4, 0.5) is 4.79 Å². The summed E-state index contributed by atoms with van der Waals surface area (Å²) >= 11 is 0. The Kier molecular flexibility index (Phi) is 6.36. The minimum Gasteiger partial charge on any atom is -0.480 e. The molecule has 0 radical (unpaired) electrons. The lowest BCUT2D eigenvalue weighted by Crippen LogP contribution is -2.41. The van der Waals surface area contributed by atoms with Gasteiger partial charge in [0.25, 0.3) is 0 Å². The molecule has 0 bridgehead atoms. The number of carboxylic acids is 1. The minimum atomic E-state index is -1.01. The fourth-order valence-corrected chi connectivity index (χ4v) is 5.66. The van der Waals surface area contributed by atoms with Crippen molar-refractivity contribution < 1.29 is 24.2 Å². The van der Waals surface area contributed by atoms with Crippen LogP contribution in [0.25, 0.3) is 11.1 Å². The molecule has 33 heavy (non-hydrogen) atoms. The molecule has 0 aromatic heterocycles. The van der Waals surface area contributed by atoms with Gasteiger partial charge in [-0.2, -0.15) is 0 Å². The Morgan fingerprint density at radius 2 is 1.55 bits per heavy atom. The number of amides is 1. The first kappa shape index (κ1) is 22.0. The molecule has 0 spiro atoms. The van der Waals surface area contributed by atoms with Crippen LogP contribution in [0.5, 0.6) is 0 Å². The van der Waals surface area contributed by atoms with Crippen molar-refractivity contribution in [2.24, 2.45) is 5.92 Å². The summed E-state index contributed by atoms with van der Waals surface area (Å²) in [6, 6.07) is 15.4. The second kappa shape index (κ2) is 9.56. The second-order valence-corrected chi connectivity index (χ2v) is 9.51. The Hall–Kier alpha value is -2.86. The molecule has 1 heterocycles. The third kappa shape index (κ3) is 4.49. The summed E-state index contributed by atoms with van der Waals surface area (Å²) in [5, 5.41) is 9.70. The molecule has 5 rings (SSSR count). The van der Waals surface area contributed by atoms with Gasteiger partial charge in [0.05, 0.1) is 12.6 Å². The molecule has 6 heteroatoms. The number of carbonyl (C=O) groups is 2. The lowest BCUT2D eigenvalue weighted by Gasteiger charge is -2.24. The van der Waals surface area contributed by atoms with Gasteiger partial charge < -0.3 is 14.6 Å². The zero-order valence-corrected chi connectivity index (χ0v) is 18.8. The Morgan fingerprint density at radius 1 is 0.909 bits per heavy atom. The molecular weight excluding hydrogens is 418 g/mol. The van der Waals surface area contributed by atoms with Crippen molar-refractivity contribution in [1.82, 2.24) is 4.90 Å². The van der Waals surface area contributed by atoms with Crippen LogP contribution in [0, 0.1) is 5.92 Å². The molecule has 0 unspecified atom stereocenters. The molecule has 2 aromatic rings. The summed E-state index contributed by atoms with van der Waals surface area (Å²) in [5.41, 5.74) is 4.60. The molecule has 1 amide bonds. The number of nitrogens with zero attached hydrogens (tertiary/aromatic N) is 1. The summed E-state index contributed by atoms with van der Waals surface area (Å²) in [6.07, 6.45) is 5.59. The Bertz CT molecular complexity index is 970. The van der Waals surface area contributed by atoms with Crippen LogP contribution in [0.2, 0.25) is 0 Å². The van der Waals surface area contributed by atoms with E-state index in [9.17, 15) is 14.7 Å². The van der Waals surface area contributed by atoms with E-state index in [1.165, 1.54) is 37.0 Å². The predicted octanol–water partition coefficient (Wildman–Crippen LogP) is 5.06. The number of hydrogen-bond acceptors (Lipinski definition) is 4. The molecule has 3 aliphatic rings. The van der Waals surface area contributed by atoms with Crippen LogP contribution in [-0.2, 0) is 14.3 Å². The lowest BCUT2D eigenvalue weighted by atomic mass is 9.90. The van der Waals surface area contributed by atoms with Gasteiger partial charge in [-0.1, -0.05) is 67.8 Å². The van der Waals surface area contributed by atoms with E-state index in [-0.39, 0.29) is 25.2 Å². The first-order chi connectivity index (χ1) is 16.1. The molecular formula is C27H31NO5. The average Bonchev–Trinajstić information content (AvgIpc) is 3.42. The van der Waals surface area contributed by atoms with Crippen molar-refractivity contribution in [3.63, 3.8) is 0 Å². The van der Waals surface area contributed by atoms with Crippen molar-refractivity contribution in [3.8, 4) is 11.1 Å². The van der Waals surface area contributed by atoms with Gasteiger partial charge in [0.2, 0.25) is 0 Å². The number of carbonyl (C=O) groups excluding carboxylic acids is 1. The van der Waals surface area contributed by atoms with E-state index in [0.717, 1.165) is 22.3 Å². The van der Waals surface area contributed by atoms with Crippen molar-refractivity contribution in [2.75, 3.05) is 19.8 Å². The fourth-order valence-electron chi connectivity index (χ4n) is 5.66. The molecule has 1 N–H and O–H groups in total. The van der Waals surface area contributed by atoms with Gasteiger partial charge in [0.1, 0.15) is 12.6 Å². The van der Waals surface area contributed by atoms with Gasteiger partial charge in [-0.25, -0.2) is 9.59 Å². The van der Waals surface area contributed by atoms with Crippen molar-refractivity contribution >= 4 is 12.1 Å². The Morgan fingerprint density at radius 3 is 2.18 bits per heavy atom. The highest BCUT2D eigenvalue weighted by molar-refractivity contribution is 5.81. The number of carboxylic acid groups (broad SMARTS) is 1. The van der Waals surface area contributed by atoms with Gasteiger partial charge in [-0.15, -0.1) is 0 Å². The third-order valence-corrected chi connectivity index (χ3v) is 7.41. The largest absolute Gasteiger partial charge is 0.480 e. The fraction of sp³-hybridized carbons (Fsp3) is 0.481. The van der Waals surface area contributed by atoms with E-state index >= 15 is 0 Å². The van der Waals surface area contributed by atoms with E-state index < -0.39 is 18.1 Å². The molecule has 174 valence electrons. The summed E-state index contributed by atoms with van der Waals surface area (Å²) in [6.45, 7) is 1.10. The lowest BCUT2D eigenvalue weighted by molar-refractivity contribution is -0.141. The second-order valence-electron chi connectivity index (χ2n) is 9.51. The van der Waals surface area contributed by atoms with Crippen LogP contribution in [0.1, 0.15) is 55.6 Å². The molecule has 6 nitrogen and oxygen atoms in total. The summed E-state index contributed by atoms with van der Waals surface area (Å²) < 4.78 is 11.8. The quantitative estimate of drug-likeness (QED) is 0.667. The number of benzene rings is 2.